The number of hydrogen-bond acceptors (Lipinski definition) is 2. The van der Waals surface area contributed by atoms with Crippen LogP contribution in [-0.2, 0) is 6.54 Å². The number of nitrogens with two attached hydrogens (primary N) is 1. The molecule has 18 heavy (non-hydrogen) atoms. The summed E-state index contributed by atoms with van der Waals surface area (Å²) in [6.45, 7) is -0.996. The Kier molecular flexibility index (Phi) is 3.47. The third-order valence-electron chi connectivity index (χ3n) is 2.91. The van der Waals surface area contributed by atoms with Gasteiger partial charge in [0.15, 0.2) is 0 Å². The third-order valence-corrected chi connectivity index (χ3v) is 2.91. The molecule has 0 unspecified atom stereocenters. The summed E-state index contributed by atoms with van der Waals surface area (Å²) in [5.74, 6) is -0.484. The Morgan fingerprint density at radius 2 is 1.94 bits per heavy atom. The maximum absolute atomic E-state index is 13.1. The lowest BCUT2D eigenvalue weighted by molar-refractivity contribution is -0.120. The lowest BCUT2D eigenvalue weighted by Crippen LogP contribution is -2.36. The molecule has 0 radical (unpaired) electrons. The van der Waals surface area contributed by atoms with Crippen LogP contribution in [-0.4, -0.2) is 18.8 Å². The van der Waals surface area contributed by atoms with Gasteiger partial charge in [-0.05, 0) is 36.6 Å². The van der Waals surface area contributed by atoms with Crippen molar-refractivity contribution in [2.24, 2.45) is 5.73 Å². The molecule has 1 fully saturated rings. The first-order chi connectivity index (χ1) is 8.40. The van der Waals surface area contributed by atoms with Crippen LogP contribution in [0.15, 0.2) is 18.2 Å². The Morgan fingerprint density at radius 3 is 2.44 bits per heavy atom. The predicted molar refractivity (Wildman–Crippen MR) is 60.7 cm³/mol. The van der Waals surface area contributed by atoms with E-state index in [1.165, 1.54) is 23.1 Å². The van der Waals surface area contributed by atoms with E-state index in [2.05, 4.69) is 0 Å². The number of halogens is 4. The highest BCUT2D eigenvalue weighted by Crippen LogP contribution is 2.36. The van der Waals surface area contributed by atoms with Crippen LogP contribution in [0.25, 0.3) is 0 Å². The lowest BCUT2D eigenvalue weighted by Gasteiger charge is -2.27. The number of anilines is 1. The van der Waals surface area contributed by atoms with Gasteiger partial charge in [0.25, 0.3) is 0 Å². The van der Waals surface area contributed by atoms with Gasteiger partial charge in [0.1, 0.15) is 12.4 Å². The number of benzene rings is 1. The van der Waals surface area contributed by atoms with E-state index in [9.17, 15) is 17.6 Å². The normalized spacial score (nSPS) is 15.8. The summed E-state index contributed by atoms with van der Waals surface area (Å²) >= 11 is 0. The molecule has 0 saturated heterocycles. The zero-order valence-corrected chi connectivity index (χ0v) is 9.67. The molecule has 0 aliphatic heterocycles. The summed E-state index contributed by atoms with van der Waals surface area (Å²) in [7, 11) is 0. The van der Waals surface area contributed by atoms with Crippen LogP contribution >= 0.6 is 0 Å². The minimum absolute atomic E-state index is 0.0220. The highest BCUT2D eigenvalue weighted by molar-refractivity contribution is 5.55. The van der Waals surface area contributed by atoms with E-state index < -0.39 is 18.5 Å². The van der Waals surface area contributed by atoms with E-state index in [-0.39, 0.29) is 12.6 Å². The van der Waals surface area contributed by atoms with E-state index in [0.717, 1.165) is 12.8 Å². The maximum Gasteiger partial charge on any atom is 0.405 e. The Balaban J connectivity index is 2.30. The molecule has 6 heteroatoms. The van der Waals surface area contributed by atoms with Crippen LogP contribution in [0.4, 0.5) is 23.2 Å². The van der Waals surface area contributed by atoms with Gasteiger partial charge in [-0.2, -0.15) is 13.2 Å². The molecule has 1 aromatic carbocycles. The van der Waals surface area contributed by atoms with Crippen molar-refractivity contribution < 1.29 is 17.6 Å². The zero-order chi connectivity index (χ0) is 13.3. The number of nitrogens with zero attached hydrogens (tertiary/aromatic N) is 1. The molecular formula is C12H14F4N2. The molecule has 0 spiro atoms. The van der Waals surface area contributed by atoms with Crippen molar-refractivity contribution in [3.05, 3.63) is 29.6 Å². The molecule has 0 heterocycles. The maximum atomic E-state index is 13.1. The summed E-state index contributed by atoms with van der Waals surface area (Å²) in [4.78, 5) is 1.28. The average molecular weight is 262 g/mol. The quantitative estimate of drug-likeness (QED) is 0.845. The van der Waals surface area contributed by atoms with Crippen LogP contribution in [0.5, 0.6) is 0 Å². The number of rotatable bonds is 4. The predicted octanol–water partition coefficient (Wildman–Crippen LogP) is 2.82. The topological polar surface area (TPSA) is 29.3 Å². The molecule has 100 valence electrons. The van der Waals surface area contributed by atoms with Gasteiger partial charge in [0, 0.05) is 18.3 Å². The summed E-state index contributed by atoms with van der Waals surface area (Å²) in [6, 6.07) is 3.63. The minimum Gasteiger partial charge on any atom is -0.359 e. The molecule has 1 aliphatic carbocycles. The Hall–Kier alpha value is -1.30. The second-order valence-corrected chi connectivity index (χ2v) is 4.45. The van der Waals surface area contributed by atoms with Crippen molar-refractivity contribution in [1.82, 2.24) is 0 Å². The highest BCUT2D eigenvalue weighted by atomic mass is 19.4. The van der Waals surface area contributed by atoms with Gasteiger partial charge in [-0.15, -0.1) is 0 Å². The van der Waals surface area contributed by atoms with Crippen molar-refractivity contribution in [3.8, 4) is 0 Å². The Morgan fingerprint density at radius 1 is 1.28 bits per heavy atom. The zero-order valence-electron chi connectivity index (χ0n) is 9.67. The van der Waals surface area contributed by atoms with E-state index in [1.54, 1.807) is 0 Å². The standard InChI is InChI=1S/C12H14F4N2/c13-9-1-4-11(8(5-9)6-17)18(10-2-3-10)7-12(14,15)16/h1,4-5,10H,2-3,6-7,17H2. The van der Waals surface area contributed by atoms with Crippen molar-refractivity contribution in [3.63, 3.8) is 0 Å². The molecule has 1 aromatic rings. The van der Waals surface area contributed by atoms with Crippen molar-refractivity contribution in [2.45, 2.75) is 31.6 Å². The summed E-state index contributed by atoms with van der Waals surface area (Å²) in [6.07, 6.45) is -2.81. The first kappa shape index (κ1) is 13.1. The van der Waals surface area contributed by atoms with Crippen LogP contribution < -0.4 is 10.6 Å². The molecule has 2 N–H and O–H groups in total. The molecule has 1 saturated carbocycles. The van der Waals surface area contributed by atoms with E-state index in [0.29, 0.717) is 11.3 Å². The molecule has 2 rings (SSSR count). The van der Waals surface area contributed by atoms with Gasteiger partial charge >= 0.3 is 6.18 Å². The lowest BCUT2D eigenvalue weighted by atomic mass is 10.1. The largest absolute Gasteiger partial charge is 0.405 e. The van der Waals surface area contributed by atoms with Gasteiger partial charge in [-0.3, -0.25) is 0 Å². The van der Waals surface area contributed by atoms with Crippen molar-refractivity contribution in [1.29, 1.82) is 0 Å². The monoisotopic (exact) mass is 262 g/mol. The number of alkyl halides is 3. The smallest absolute Gasteiger partial charge is 0.359 e. The van der Waals surface area contributed by atoms with Crippen LogP contribution in [0, 0.1) is 5.82 Å². The third kappa shape index (κ3) is 3.13. The van der Waals surface area contributed by atoms with Gasteiger partial charge in [0.2, 0.25) is 0 Å². The first-order valence-corrected chi connectivity index (χ1v) is 5.72. The average Bonchev–Trinajstić information content (AvgIpc) is 3.08. The fourth-order valence-electron chi connectivity index (χ4n) is 1.99. The van der Waals surface area contributed by atoms with Gasteiger partial charge in [-0.1, -0.05) is 0 Å². The van der Waals surface area contributed by atoms with Gasteiger partial charge < -0.3 is 10.6 Å². The molecular weight excluding hydrogens is 248 g/mol. The second-order valence-electron chi connectivity index (χ2n) is 4.45. The summed E-state index contributed by atoms with van der Waals surface area (Å²) in [5, 5.41) is 0. The fraction of sp³-hybridized carbons (Fsp3) is 0.500. The molecule has 0 aromatic heterocycles. The number of hydrogen-bond donors (Lipinski definition) is 1. The second kappa shape index (κ2) is 4.76. The fourth-order valence-corrected chi connectivity index (χ4v) is 1.99. The van der Waals surface area contributed by atoms with Crippen LogP contribution in [0.3, 0.4) is 0 Å². The molecule has 0 amide bonds. The summed E-state index contributed by atoms with van der Waals surface area (Å²) < 4.78 is 50.7. The van der Waals surface area contributed by atoms with Crippen molar-refractivity contribution in [2.75, 3.05) is 11.4 Å². The Bertz CT molecular complexity index is 427. The molecule has 1 aliphatic rings. The van der Waals surface area contributed by atoms with Crippen LogP contribution in [0.2, 0.25) is 0 Å². The minimum atomic E-state index is -4.27. The van der Waals surface area contributed by atoms with Gasteiger partial charge in [-0.25, -0.2) is 4.39 Å². The highest BCUT2D eigenvalue weighted by Gasteiger charge is 2.38. The van der Waals surface area contributed by atoms with Crippen molar-refractivity contribution >= 4 is 5.69 Å². The molecule has 0 atom stereocenters. The summed E-state index contributed by atoms with van der Waals surface area (Å²) in [5.41, 5.74) is 6.26. The Labute approximate surface area is 102 Å². The van der Waals surface area contributed by atoms with Crippen LogP contribution in [0.1, 0.15) is 18.4 Å². The molecule has 2 nitrogen and oxygen atoms in total. The SMILES string of the molecule is NCc1cc(F)ccc1N(CC(F)(F)F)C1CC1. The van der Waals surface area contributed by atoms with E-state index >= 15 is 0 Å². The first-order valence-electron chi connectivity index (χ1n) is 5.72. The van der Waals surface area contributed by atoms with E-state index in [4.69, 9.17) is 5.73 Å². The van der Waals surface area contributed by atoms with E-state index in [1.807, 2.05) is 0 Å². The molecule has 0 bridgehead atoms. The van der Waals surface area contributed by atoms with Gasteiger partial charge in [0.05, 0.1) is 0 Å².